The Kier molecular flexibility index (Phi) is 4.94. The van der Waals surface area contributed by atoms with E-state index in [2.05, 4.69) is 114 Å². The van der Waals surface area contributed by atoms with Crippen LogP contribution in [0.1, 0.15) is 76.1 Å². The SMILES string of the molecule is CC1(C)c2ccccc2-c2ccc(C3=CCC4C(=C3)Sc3c(B5OC(C)(C)C(C)(C)O5)cccc34)cc21. The Morgan fingerprint density at radius 2 is 1.54 bits per heavy atom. The van der Waals surface area contributed by atoms with Gasteiger partial charge in [-0.25, -0.2) is 0 Å². The van der Waals surface area contributed by atoms with Crippen LogP contribution in [0.15, 0.2) is 82.6 Å². The van der Waals surface area contributed by atoms with E-state index in [9.17, 15) is 0 Å². The van der Waals surface area contributed by atoms with Gasteiger partial charge in [-0.15, -0.1) is 0 Å². The smallest absolute Gasteiger partial charge is 0.399 e. The van der Waals surface area contributed by atoms with Crippen LogP contribution in [0.3, 0.4) is 0 Å². The van der Waals surface area contributed by atoms with Crippen LogP contribution < -0.4 is 5.46 Å². The Labute approximate surface area is 225 Å². The van der Waals surface area contributed by atoms with Crippen LogP contribution >= 0.6 is 11.8 Å². The van der Waals surface area contributed by atoms with Crippen LogP contribution in [0.5, 0.6) is 0 Å². The molecule has 4 aliphatic rings. The zero-order chi connectivity index (χ0) is 25.7. The predicted molar refractivity (Wildman–Crippen MR) is 155 cm³/mol. The Morgan fingerprint density at radius 1 is 0.811 bits per heavy atom. The zero-order valence-electron chi connectivity index (χ0n) is 22.5. The fourth-order valence-corrected chi connectivity index (χ4v) is 7.78. The van der Waals surface area contributed by atoms with E-state index in [-0.39, 0.29) is 23.7 Å². The van der Waals surface area contributed by atoms with Crippen LogP contribution in [-0.2, 0) is 14.7 Å². The number of fused-ring (bicyclic) bond motifs is 6. The van der Waals surface area contributed by atoms with Crippen LogP contribution in [0, 0.1) is 0 Å². The summed E-state index contributed by atoms with van der Waals surface area (Å²) in [5.41, 5.74) is 10.2. The van der Waals surface area contributed by atoms with Gasteiger partial charge >= 0.3 is 7.12 Å². The van der Waals surface area contributed by atoms with Crippen LogP contribution in [-0.4, -0.2) is 18.3 Å². The van der Waals surface area contributed by atoms with Gasteiger partial charge in [0.1, 0.15) is 0 Å². The Morgan fingerprint density at radius 3 is 2.32 bits per heavy atom. The molecular formula is C33H33BO2S. The van der Waals surface area contributed by atoms with Crippen LogP contribution in [0.4, 0.5) is 0 Å². The average molecular weight is 505 g/mol. The molecule has 0 radical (unpaired) electrons. The fourth-order valence-electron chi connectivity index (χ4n) is 6.38. The Bertz CT molecular complexity index is 1510. The van der Waals surface area contributed by atoms with E-state index in [1.807, 2.05) is 11.8 Å². The zero-order valence-corrected chi connectivity index (χ0v) is 23.3. The van der Waals surface area contributed by atoms with Gasteiger partial charge in [-0.3, -0.25) is 0 Å². The van der Waals surface area contributed by atoms with Gasteiger partial charge in [-0.2, -0.15) is 0 Å². The molecule has 2 nitrogen and oxygen atoms in total. The van der Waals surface area contributed by atoms with E-state index in [1.54, 1.807) is 0 Å². The van der Waals surface area contributed by atoms with Gasteiger partial charge in [0.25, 0.3) is 0 Å². The van der Waals surface area contributed by atoms with Gasteiger partial charge in [0.05, 0.1) is 11.2 Å². The van der Waals surface area contributed by atoms with E-state index in [0.29, 0.717) is 5.92 Å². The lowest BCUT2D eigenvalue weighted by Crippen LogP contribution is -2.41. The Hall–Kier alpha value is -2.53. The molecule has 1 fully saturated rings. The number of rotatable bonds is 2. The lowest BCUT2D eigenvalue weighted by molar-refractivity contribution is 0.00578. The first kappa shape index (κ1) is 23.6. The van der Waals surface area contributed by atoms with E-state index < -0.39 is 0 Å². The number of thioether (sulfide) groups is 1. The topological polar surface area (TPSA) is 18.5 Å². The molecule has 0 spiro atoms. The van der Waals surface area contributed by atoms with Crippen molar-refractivity contribution in [3.05, 3.63) is 100.0 Å². The summed E-state index contributed by atoms with van der Waals surface area (Å²) < 4.78 is 12.9. The van der Waals surface area contributed by atoms with Crippen molar-refractivity contribution in [2.75, 3.05) is 0 Å². The predicted octanol–water partition coefficient (Wildman–Crippen LogP) is 7.85. The molecule has 0 amide bonds. The van der Waals surface area contributed by atoms with Crippen molar-refractivity contribution in [1.82, 2.24) is 0 Å². The van der Waals surface area contributed by atoms with Crippen LogP contribution in [0.2, 0.25) is 0 Å². The third kappa shape index (κ3) is 3.35. The molecule has 1 atom stereocenters. The molecule has 0 bridgehead atoms. The summed E-state index contributed by atoms with van der Waals surface area (Å²) in [7, 11) is -0.332. The minimum Gasteiger partial charge on any atom is -0.399 e. The van der Waals surface area contributed by atoms with Gasteiger partial charge in [-0.1, -0.05) is 86.3 Å². The second-order valence-corrected chi connectivity index (χ2v) is 13.5. The summed E-state index contributed by atoms with van der Waals surface area (Å²) in [6, 6.07) is 22.6. The molecule has 3 aromatic rings. The highest BCUT2D eigenvalue weighted by atomic mass is 32.2. The molecule has 2 aliphatic carbocycles. The highest BCUT2D eigenvalue weighted by Crippen LogP contribution is 2.54. The lowest BCUT2D eigenvalue weighted by Gasteiger charge is -2.32. The summed E-state index contributed by atoms with van der Waals surface area (Å²) in [6.45, 7) is 13.2. The molecule has 0 aromatic heterocycles. The normalized spacial score (nSPS) is 23.6. The van der Waals surface area contributed by atoms with Crippen molar-refractivity contribution in [2.45, 2.75) is 75.4 Å². The summed E-state index contributed by atoms with van der Waals surface area (Å²) in [4.78, 5) is 2.75. The van der Waals surface area contributed by atoms with Crippen molar-refractivity contribution >= 4 is 29.9 Å². The number of allylic oxidation sites excluding steroid dienone is 4. The largest absolute Gasteiger partial charge is 0.496 e. The summed E-state index contributed by atoms with van der Waals surface area (Å²) in [5, 5.41) is 0. The summed E-state index contributed by atoms with van der Waals surface area (Å²) in [5.74, 6) is 0.418. The van der Waals surface area contributed by atoms with Crippen molar-refractivity contribution in [3.63, 3.8) is 0 Å². The van der Waals surface area contributed by atoms with Gasteiger partial charge in [0.15, 0.2) is 0 Å². The molecule has 186 valence electrons. The van der Waals surface area contributed by atoms with E-state index in [1.165, 1.54) is 48.8 Å². The maximum atomic E-state index is 6.44. The molecule has 0 N–H and O–H groups in total. The second kappa shape index (κ2) is 7.75. The quantitative estimate of drug-likeness (QED) is 0.331. The summed E-state index contributed by atoms with van der Waals surface area (Å²) >= 11 is 1.91. The van der Waals surface area contributed by atoms with E-state index in [4.69, 9.17) is 9.31 Å². The summed E-state index contributed by atoms with van der Waals surface area (Å²) in [6.07, 6.45) is 5.88. The van der Waals surface area contributed by atoms with Gasteiger partial charge < -0.3 is 9.31 Å². The number of hydrogen-bond acceptors (Lipinski definition) is 3. The molecule has 3 aromatic carbocycles. The molecule has 7 rings (SSSR count). The van der Waals surface area contributed by atoms with Crippen molar-refractivity contribution in [1.29, 1.82) is 0 Å². The number of benzene rings is 3. The third-order valence-electron chi connectivity index (χ3n) is 9.31. The van der Waals surface area contributed by atoms with Crippen molar-refractivity contribution < 1.29 is 9.31 Å². The highest BCUT2D eigenvalue weighted by molar-refractivity contribution is 8.03. The maximum Gasteiger partial charge on any atom is 0.496 e. The molecule has 37 heavy (non-hydrogen) atoms. The van der Waals surface area contributed by atoms with Crippen molar-refractivity contribution in [2.24, 2.45) is 0 Å². The second-order valence-electron chi connectivity index (χ2n) is 12.4. The highest BCUT2D eigenvalue weighted by Gasteiger charge is 2.53. The van der Waals surface area contributed by atoms with E-state index >= 15 is 0 Å². The molecule has 4 heteroatoms. The Balaban J connectivity index is 1.21. The minimum atomic E-state index is -0.342. The number of hydrogen-bond donors (Lipinski definition) is 0. The fraction of sp³-hybridized carbons (Fsp3) is 0.333. The third-order valence-corrected chi connectivity index (χ3v) is 10.6. The van der Waals surface area contributed by atoms with Gasteiger partial charge in [0, 0.05) is 16.2 Å². The first-order chi connectivity index (χ1) is 17.6. The average Bonchev–Trinajstić information content (AvgIpc) is 3.43. The molecule has 0 saturated carbocycles. The van der Waals surface area contributed by atoms with Gasteiger partial charge in [0.2, 0.25) is 0 Å². The molecular weight excluding hydrogens is 471 g/mol. The van der Waals surface area contributed by atoms with Gasteiger partial charge in [-0.05, 0) is 95.6 Å². The van der Waals surface area contributed by atoms with Crippen molar-refractivity contribution in [3.8, 4) is 11.1 Å². The maximum absolute atomic E-state index is 6.44. The monoisotopic (exact) mass is 504 g/mol. The van der Waals surface area contributed by atoms with Crippen LogP contribution in [0.25, 0.3) is 16.7 Å². The standard InChI is InChI=1S/C33H33BO2S/c1-31(2)26-12-8-7-10-22(26)23-16-14-20(18-27(23)31)21-15-17-24-25-11-9-13-28(30(25)37-29(24)19-21)34-35-32(3,4)33(5,6)36-34/h7-16,18-19,24H,17H2,1-6H3. The molecule has 2 heterocycles. The molecule has 1 saturated heterocycles. The molecule has 1 unspecified atom stereocenters. The molecule has 2 aliphatic heterocycles. The first-order valence-corrected chi connectivity index (χ1v) is 14.2. The van der Waals surface area contributed by atoms with E-state index in [0.717, 1.165) is 11.9 Å². The minimum absolute atomic E-state index is 0.0168. The lowest BCUT2D eigenvalue weighted by atomic mass is 9.76. The first-order valence-electron chi connectivity index (χ1n) is 13.4.